The second-order valence-corrected chi connectivity index (χ2v) is 20.9. The van der Waals surface area contributed by atoms with E-state index in [4.69, 9.17) is 0 Å². The first-order valence-corrected chi connectivity index (χ1v) is 26.0. The van der Waals surface area contributed by atoms with Gasteiger partial charge >= 0.3 is 0 Å². The lowest BCUT2D eigenvalue weighted by Crippen LogP contribution is -2.64. The maximum Gasteiger partial charge on any atom is 0.252 e. The van der Waals surface area contributed by atoms with Gasteiger partial charge in [0.25, 0.3) is 13.4 Å². The van der Waals surface area contributed by atoms with Gasteiger partial charge in [-0.05, 0) is 147 Å². The summed E-state index contributed by atoms with van der Waals surface area (Å²) in [5, 5.41) is 5.15. The average Bonchev–Trinajstić information content (AvgIpc) is 4.04. The summed E-state index contributed by atoms with van der Waals surface area (Å²) in [6, 6.07) is 87.3. The molecule has 342 valence electrons. The van der Waals surface area contributed by atoms with E-state index in [0.717, 1.165) is 11.4 Å². The minimum absolute atomic E-state index is 0.0491. The number of aromatic nitrogens is 2. The lowest BCUT2D eigenvalue weighted by atomic mass is 9.30. The lowest BCUT2D eigenvalue weighted by molar-refractivity contribution is 1.17. The zero-order chi connectivity index (χ0) is 48.5. The van der Waals surface area contributed by atoms with Crippen LogP contribution >= 0.6 is 0 Å². The van der Waals surface area contributed by atoms with Crippen LogP contribution in [-0.4, -0.2) is 22.6 Å². The van der Waals surface area contributed by atoms with Crippen LogP contribution in [0.2, 0.25) is 0 Å². The quantitative estimate of drug-likeness (QED) is 0.164. The Hall–Kier alpha value is -9.25. The molecule has 4 nitrogen and oxygen atoms in total. The van der Waals surface area contributed by atoms with Gasteiger partial charge in [-0.3, -0.25) is 0 Å². The van der Waals surface area contributed by atoms with Crippen molar-refractivity contribution in [1.82, 2.24) is 9.13 Å². The third kappa shape index (κ3) is 5.19. The maximum absolute atomic E-state index is 2.66. The fourth-order valence-electron chi connectivity index (χ4n) is 14.1. The van der Waals surface area contributed by atoms with Crippen molar-refractivity contribution in [2.75, 3.05) is 9.80 Å². The van der Waals surface area contributed by atoms with Gasteiger partial charge in [-0.25, -0.2) is 0 Å². The van der Waals surface area contributed by atoms with E-state index in [2.05, 4.69) is 263 Å². The van der Waals surface area contributed by atoms with E-state index in [1.165, 1.54) is 144 Å². The molecule has 0 fully saturated rings. The predicted molar refractivity (Wildman–Crippen MR) is 314 cm³/mol. The van der Waals surface area contributed by atoms with Crippen LogP contribution in [0.5, 0.6) is 0 Å². The van der Waals surface area contributed by atoms with Crippen LogP contribution in [-0.2, 0) is 0 Å². The first kappa shape index (κ1) is 40.4. The molecule has 13 aromatic rings. The summed E-state index contributed by atoms with van der Waals surface area (Å²) < 4.78 is 5.19. The summed E-state index contributed by atoms with van der Waals surface area (Å²) in [5.74, 6) is 0. The molecule has 0 saturated carbocycles. The van der Waals surface area contributed by atoms with Gasteiger partial charge in [0.15, 0.2) is 0 Å². The molecule has 0 saturated heterocycles. The summed E-state index contributed by atoms with van der Waals surface area (Å²) in [6.45, 7) is 4.39. The molecule has 0 N–H and O–H groups in total. The van der Waals surface area contributed by atoms with Crippen molar-refractivity contribution in [2.24, 2.45) is 0 Å². The molecule has 0 unspecified atom stereocenters. The number of benzene rings is 11. The normalized spacial score (nSPS) is 13.4. The Labute approximate surface area is 429 Å². The van der Waals surface area contributed by atoms with Crippen LogP contribution in [0.15, 0.2) is 231 Å². The van der Waals surface area contributed by atoms with Crippen LogP contribution < -0.4 is 42.6 Å². The third-order valence-corrected chi connectivity index (χ3v) is 17.1. The SMILES string of the molecule is Cc1ccccc1-c1cc2c3c(c1)-n1c4ccccc4c4cccc(c41)B3c1cc3c(cc1N2c1ccccc1)N(c1ccccc1)c1cc(-c2ccccc2C)cc2c1B3c1cccc3c4ccccc4n-2c13. The van der Waals surface area contributed by atoms with Crippen molar-refractivity contribution in [3.05, 3.63) is 242 Å². The number of rotatable bonds is 4. The van der Waals surface area contributed by atoms with Gasteiger partial charge in [0.2, 0.25) is 0 Å². The first-order chi connectivity index (χ1) is 36.6. The molecule has 6 heteroatoms. The molecule has 11 aromatic carbocycles. The highest BCUT2D eigenvalue weighted by Crippen LogP contribution is 2.48. The van der Waals surface area contributed by atoms with Gasteiger partial charge in [-0.2, -0.15) is 0 Å². The molecule has 74 heavy (non-hydrogen) atoms. The Kier molecular flexibility index (Phi) is 8.01. The number of fused-ring (bicyclic) bond motifs is 14. The van der Waals surface area contributed by atoms with Crippen molar-refractivity contribution < 1.29 is 0 Å². The van der Waals surface area contributed by atoms with Crippen molar-refractivity contribution in [2.45, 2.75) is 13.8 Å². The number of nitrogens with zero attached hydrogens (tertiary/aromatic N) is 4. The molecule has 17 rings (SSSR count). The van der Waals surface area contributed by atoms with E-state index < -0.39 is 0 Å². The van der Waals surface area contributed by atoms with E-state index in [1.807, 2.05) is 0 Å². The smallest absolute Gasteiger partial charge is 0.252 e. The van der Waals surface area contributed by atoms with Gasteiger partial charge in [0, 0.05) is 78.1 Å². The summed E-state index contributed by atoms with van der Waals surface area (Å²) in [4.78, 5) is 5.19. The highest BCUT2D eigenvalue weighted by Gasteiger charge is 2.47. The van der Waals surface area contributed by atoms with Gasteiger partial charge in [-0.1, -0.05) is 164 Å². The topological polar surface area (TPSA) is 16.3 Å². The second kappa shape index (κ2) is 14.7. The molecule has 4 aliphatic heterocycles. The van der Waals surface area contributed by atoms with Gasteiger partial charge < -0.3 is 18.9 Å². The zero-order valence-corrected chi connectivity index (χ0v) is 40.9. The minimum Gasteiger partial charge on any atom is -0.311 e. The maximum atomic E-state index is 2.66. The van der Waals surface area contributed by atoms with E-state index in [0.29, 0.717) is 0 Å². The molecule has 4 aliphatic rings. The Morgan fingerprint density at radius 1 is 0.297 bits per heavy atom. The van der Waals surface area contributed by atoms with Crippen LogP contribution in [0.25, 0.3) is 77.2 Å². The molecule has 0 radical (unpaired) electrons. The summed E-state index contributed by atoms with van der Waals surface area (Å²) >= 11 is 0. The van der Waals surface area contributed by atoms with Crippen LogP contribution in [0, 0.1) is 13.8 Å². The van der Waals surface area contributed by atoms with E-state index in [9.17, 15) is 0 Å². The van der Waals surface area contributed by atoms with E-state index in [-0.39, 0.29) is 13.4 Å². The molecule has 0 spiro atoms. The molecule has 0 aliphatic carbocycles. The number of anilines is 6. The summed E-state index contributed by atoms with van der Waals surface area (Å²) in [5.41, 5.74) is 30.1. The summed E-state index contributed by atoms with van der Waals surface area (Å²) in [6.07, 6.45) is 0. The Morgan fingerprint density at radius 3 is 1.15 bits per heavy atom. The molecule has 0 amide bonds. The number of hydrogen-bond acceptors (Lipinski definition) is 2. The predicted octanol–water partition coefficient (Wildman–Crippen LogP) is 13.1. The standard InChI is InChI=1S/C68H44B2N4/c1-41-19-9-11-25-47(41)43-35-61-65-63(37-43)73-57-33-15-13-27-49(57)51-29-17-31-53(67(51)73)69(65)55-39-56-60(40-59(55)71(61)45-21-5-3-6-22-45)72(46-23-7-4-8-24-46)62-36-44(48-26-12-10-20-42(48)2)38-64-66(62)70(56)54-32-18-30-52-50-28-14-16-34-58(50)74(64)68(52)54/h3-40H,1-2H3. The average molecular weight is 939 g/mol. The van der Waals surface area contributed by atoms with Crippen molar-refractivity contribution >= 4 is 124 Å². The second-order valence-electron chi connectivity index (χ2n) is 20.9. The van der Waals surface area contributed by atoms with Crippen molar-refractivity contribution in [1.29, 1.82) is 0 Å². The fourth-order valence-corrected chi connectivity index (χ4v) is 14.1. The minimum atomic E-state index is -0.0491. The lowest BCUT2D eigenvalue weighted by Gasteiger charge is -2.44. The molecule has 0 atom stereocenters. The first-order valence-electron chi connectivity index (χ1n) is 26.0. The van der Waals surface area contributed by atoms with Gasteiger partial charge in [0.1, 0.15) is 0 Å². The Morgan fingerprint density at radius 2 is 0.689 bits per heavy atom. The number of aryl methyl sites for hydroxylation is 2. The number of para-hydroxylation sites is 6. The summed E-state index contributed by atoms with van der Waals surface area (Å²) in [7, 11) is 0. The molecule has 0 bridgehead atoms. The van der Waals surface area contributed by atoms with Crippen molar-refractivity contribution in [3.8, 4) is 33.6 Å². The fraction of sp³-hybridized carbons (Fsp3) is 0.0294. The zero-order valence-electron chi connectivity index (χ0n) is 40.9. The Bertz CT molecular complexity index is 4320. The van der Waals surface area contributed by atoms with Crippen LogP contribution in [0.3, 0.4) is 0 Å². The van der Waals surface area contributed by atoms with Crippen LogP contribution in [0.1, 0.15) is 11.1 Å². The number of hydrogen-bond donors (Lipinski definition) is 0. The molecular formula is C68H44B2N4. The molecular weight excluding hydrogens is 894 g/mol. The van der Waals surface area contributed by atoms with Crippen LogP contribution in [0.4, 0.5) is 34.1 Å². The van der Waals surface area contributed by atoms with Gasteiger partial charge in [-0.15, -0.1) is 0 Å². The molecule has 2 aromatic heterocycles. The largest absolute Gasteiger partial charge is 0.311 e. The van der Waals surface area contributed by atoms with Gasteiger partial charge in [0.05, 0.1) is 11.0 Å². The Balaban J connectivity index is 1.05. The highest BCUT2D eigenvalue weighted by atomic mass is 15.2. The third-order valence-electron chi connectivity index (χ3n) is 17.1. The molecule has 6 heterocycles. The van der Waals surface area contributed by atoms with E-state index >= 15 is 0 Å². The monoisotopic (exact) mass is 938 g/mol. The highest BCUT2D eigenvalue weighted by molar-refractivity contribution is 7.03. The van der Waals surface area contributed by atoms with E-state index in [1.54, 1.807) is 0 Å². The van der Waals surface area contributed by atoms with Crippen molar-refractivity contribution in [3.63, 3.8) is 0 Å².